The molecule has 0 unspecified atom stereocenters. The predicted octanol–water partition coefficient (Wildman–Crippen LogP) is 1.88. The quantitative estimate of drug-likeness (QED) is 0.583. The number of rotatable bonds is 4. The molecule has 0 fully saturated rings. The van der Waals surface area contributed by atoms with Crippen LogP contribution in [0.3, 0.4) is 0 Å². The number of fused-ring (bicyclic) bond motifs is 1. The number of carbonyl (C=O) groups is 1. The molecule has 1 aromatic carbocycles. The lowest BCUT2D eigenvalue weighted by Gasteiger charge is -2.06. The standard InChI is InChI=1S/C16H12N6O2S/c23-14(12-6-25-16-13(12)15(24)18-8-19-16)21-11-3-1-10(2-4-11)5-22-9-17-7-20-22/h1-4,6-9H,5H2,(H,21,23)(H,18,19,24). The molecule has 0 bridgehead atoms. The van der Waals surface area contributed by atoms with Crippen molar-refractivity contribution < 1.29 is 4.79 Å². The molecule has 8 nitrogen and oxygen atoms in total. The summed E-state index contributed by atoms with van der Waals surface area (Å²) >= 11 is 1.26. The number of aromatic nitrogens is 5. The van der Waals surface area contributed by atoms with Gasteiger partial charge in [-0.2, -0.15) is 5.10 Å². The average molecular weight is 352 g/mol. The molecular formula is C16H12N6O2S. The van der Waals surface area contributed by atoms with Gasteiger partial charge >= 0.3 is 0 Å². The van der Waals surface area contributed by atoms with E-state index in [0.29, 0.717) is 28.0 Å². The van der Waals surface area contributed by atoms with Crippen molar-refractivity contribution >= 4 is 33.1 Å². The summed E-state index contributed by atoms with van der Waals surface area (Å²) in [6, 6.07) is 7.41. The highest BCUT2D eigenvalue weighted by molar-refractivity contribution is 7.17. The molecule has 0 saturated heterocycles. The molecule has 0 spiro atoms. The minimum Gasteiger partial charge on any atom is -0.322 e. The average Bonchev–Trinajstić information content (AvgIpc) is 3.27. The fraction of sp³-hybridized carbons (Fsp3) is 0.0625. The van der Waals surface area contributed by atoms with Crippen molar-refractivity contribution in [1.29, 1.82) is 0 Å². The van der Waals surface area contributed by atoms with E-state index >= 15 is 0 Å². The first kappa shape index (κ1) is 15.2. The van der Waals surface area contributed by atoms with Crippen LogP contribution in [0.1, 0.15) is 15.9 Å². The maximum absolute atomic E-state index is 12.5. The number of anilines is 1. The van der Waals surface area contributed by atoms with Crippen LogP contribution in [0.25, 0.3) is 10.2 Å². The monoisotopic (exact) mass is 352 g/mol. The summed E-state index contributed by atoms with van der Waals surface area (Å²) < 4.78 is 1.71. The van der Waals surface area contributed by atoms with E-state index in [1.807, 2.05) is 12.1 Å². The second-order valence-electron chi connectivity index (χ2n) is 5.31. The molecule has 2 N–H and O–H groups in total. The molecule has 0 aliphatic carbocycles. The maximum Gasteiger partial charge on any atom is 0.260 e. The molecule has 0 atom stereocenters. The van der Waals surface area contributed by atoms with E-state index in [-0.39, 0.29) is 11.5 Å². The molecule has 124 valence electrons. The number of hydrogen-bond donors (Lipinski definition) is 2. The van der Waals surface area contributed by atoms with Crippen molar-refractivity contribution in [3.05, 3.63) is 70.1 Å². The Balaban J connectivity index is 1.53. The second kappa shape index (κ2) is 6.29. The number of thiophene rings is 1. The van der Waals surface area contributed by atoms with E-state index in [1.54, 1.807) is 28.5 Å². The van der Waals surface area contributed by atoms with Gasteiger partial charge in [-0.25, -0.2) is 14.6 Å². The van der Waals surface area contributed by atoms with E-state index in [0.717, 1.165) is 5.56 Å². The van der Waals surface area contributed by atoms with Gasteiger partial charge in [-0.1, -0.05) is 12.1 Å². The Kier molecular flexibility index (Phi) is 3.82. The normalized spacial score (nSPS) is 10.9. The number of nitrogens with one attached hydrogen (secondary N) is 2. The third-order valence-corrected chi connectivity index (χ3v) is 4.53. The third-order valence-electron chi connectivity index (χ3n) is 3.64. The van der Waals surface area contributed by atoms with E-state index in [2.05, 4.69) is 25.4 Å². The summed E-state index contributed by atoms with van der Waals surface area (Å²) in [6.07, 6.45) is 4.45. The van der Waals surface area contributed by atoms with Gasteiger partial charge in [-0.15, -0.1) is 11.3 Å². The van der Waals surface area contributed by atoms with Gasteiger partial charge in [0.1, 0.15) is 17.5 Å². The lowest BCUT2D eigenvalue weighted by molar-refractivity contribution is 0.102. The van der Waals surface area contributed by atoms with Crippen molar-refractivity contribution in [2.45, 2.75) is 6.54 Å². The molecule has 0 aliphatic heterocycles. The fourth-order valence-corrected chi connectivity index (χ4v) is 3.33. The van der Waals surface area contributed by atoms with Crippen molar-refractivity contribution in [2.75, 3.05) is 5.32 Å². The van der Waals surface area contributed by atoms with Gasteiger partial charge < -0.3 is 10.3 Å². The molecule has 0 saturated carbocycles. The topological polar surface area (TPSA) is 106 Å². The van der Waals surface area contributed by atoms with Crippen molar-refractivity contribution in [1.82, 2.24) is 24.7 Å². The summed E-state index contributed by atoms with van der Waals surface area (Å²) in [7, 11) is 0. The van der Waals surface area contributed by atoms with Crippen LogP contribution in [0, 0.1) is 0 Å². The van der Waals surface area contributed by atoms with E-state index in [1.165, 1.54) is 24.0 Å². The van der Waals surface area contributed by atoms with Crippen LogP contribution in [0.5, 0.6) is 0 Å². The van der Waals surface area contributed by atoms with Crippen molar-refractivity contribution in [2.24, 2.45) is 0 Å². The Morgan fingerprint density at radius 1 is 1.28 bits per heavy atom. The zero-order valence-corrected chi connectivity index (χ0v) is 13.7. The fourth-order valence-electron chi connectivity index (χ4n) is 2.44. The number of aromatic amines is 1. The summed E-state index contributed by atoms with van der Waals surface area (Å²) in [5, 5.41) is 8.81. The van der Waals surface area contributed by atoms with Gasteiger partial charge in [-0.05, 0) is 17.7 Å². The van der Waals surface area contributed by atoms with Crippen LogP contribution in [0.15, 0.2) is 53.4 Å². The summed E-state index contributed by atoms with van der Waals surface area (Å²) in [6.45, 7) is 0.602. The lowest BCUT2D eigenvalue weighted by atomic mass is 10.2. The number of H-pyrrole nitrogens is 1. The van der Waals surface area contributed by atoms with Crippen LogP contribution < -0.4 is 10.9 Å². The van der Waals surface area contributed by atoms with Crippen LogP contribution in [0.2, 0.25) is 0 Å². The highest BCUT2D eigenvalue weighted by Gasteiger charge is 2.16. The second-order valence-corrected chi connectivity index (χ2v) is 6.16. The highest BCUT2D eigenvalue weighted by atomic mass is 32.1. The van der Waals surface area contributed by atoms with Crippen LogP contribution in [0.4, 0.5) is 5.69 Å². The Morgan fingerprint density at radius 2 is 2.12 bits per heavy atom. The molecular weight excluding hydrogens is 340 g/mol. The first-order valence-electron chi connectivity index (χ1n) is 7.38. The molecule has 9 heteroatoms. The number of carbonyl (C=O) groups excluding carboxylic acids is 1. The maximum atomic E-state index is 12.5. The zero-order chi connectivity index (χ0) is 17.2. The van der Waals surface area contributed by atoms with Crippen molar-refractivity contribution in [3.63, 3.8) is 0 Å². The van der Waals surface area contributed by atoms with E-state index < -0.39 is 0 Å². The molecule has 0 aliphatic rings. The van der Waals surface area contributed by atoms with Crippen molar-refractivity contribution in [3.8, 4) is 0 Å². The van der Waals surface area contributed by atoms with E-state index in [4.69, 9.17) is 0 Å². The van der Waals surface area contributed by atoms with Gasteiger partial charge in [0, 0.05) is 11.1 Å². The Hall–Kier alpha value is -3.33. The first-order chi connectivity index (χ1) is 12.2. The lowest BCUT2D eigenvalue weighted by Crippen LogP contribution is -2.15. The molecule has 3 aromatic heterocycles. The number of hydrogen-bond acceptors (Lipinski definition) is 6. The summed E-state index contributed by atoms with van der Waals surface area (Å²) in [4.78, 5) is 35.4. The summed E-state index contributed by atoms with van der Waals surface area (Å²) in [5.74, 6) is -0.339. The minimum atomic E-state index is -0.339. The van der Waals surface area contributed by atoms with Crippen LogP contribution in [-0.2, 0) is 6.54 Å². The number of benzene rings is 1. The highest BCUT2D eigenvalue weighted by Crippen LogP contribution is 2.21. The third kappa shape index (κ3) is 3.04. The van der Waals surface area contributed by atoms with Crippen LogP contribution >= 0.6 is 11.3 Å². The van der Waals surface area contributed by atoms with Gasteiger partial charge in [-0.3, -0.25) is 9.59 Å². The SMILES string of the molecule is O=C(Nc1ccc(Cn2cncn2)cc1)c1csc2nc[nH]c(=O)c12. The largest absolute Gasteiger partial charge is 0.322 e. The molecule has 25 heavy (non-hydrogen) atoms. The molecule has 1 amide bonds. The van der Waals surface area contributed by atoms with Gasteiger partial charge in [0.05, 0.1) is 23.8 Å². The Morgan fingerprint density at radius 3 is 2.88 bits per heavy atom. The molecule has 4 rings (SSSR count). The first-order valence-corrected chi connectivity index (χ1v) is 8.26. The smallest absolute Gasteiger partial charge is 0.260 e. The number of amides is 1. The molecule has 0 radical (unpaired) electrons. The summed E-state index contributed by atoms with van der Waals surface area (Å²) in [5.41, 5.74) is 1.68. The van der Waals surface area contributed by atoms with Crippen LogP contribution in [-0.4, -0.2) is 30.6 Å². The van der Waals surface area contributed by atoms with Gasteiger partial charge in [0.2, 0.25) is 0 Å². The minimum absolute atomic E-state index is 0.313. The van der Waals surface area contributed by atoms with Gasteiger partial charge in [0.25, 0.3) is 11.5 Å². The van der Waals surface area contributed by atoms with Gasteiger partial charge in [0.15, 0.2) is 0 Å². The number of nitrogens with zero attached hydrogens (tertiary/aromatic N) is 4. The molecule has 4 aromatic rings. The Bertz CT molecular complexity index is 1080. The zero-order valence-electron chi connectivity index (χ0n) is 12.8. The Labute approximate surface area is 145 Å². The molecule has 3 heterocycles. The predicted molar refractivity (Wildman–Crippen MR) is 93.8 cm³/mol. The van der Waals surface area contributed by atoms with E-state index in [9.17, 15) is 9.59 Å².